The smallest absolute Gasteiger partial charge is 0.214 e. The molecule has 3 N–H and O–H groups in total. The Balaban J connectivity index is 2.55. The van der Waals surface area contributed by atoms with E-state index in [0.717, 1.165) is 12.2 Å². The van der Waals surface area contributed by atoms with Gasteiger partial charge in [-0.3, -0.25) is 0 Å². The number of rotatable bonds is 7. The number of nitrogens with zero attached hydrogens (tertiary/aromatic N) is 1. The predicted molar refractivity (Wildman–Crippen MR) is 66.8 cm³/mol. The molecule has 0 bridgehead atoms. The van der Waals surface area contributed by atoms with Crippen LogP contribution in [-0.4, -0.2) is 24.7 Å². The number of methoxy groups -OCH3 is 1. The normalized spacial score (nSPS) is 12.2. The van der Waals surface area contributed by atoms with Crippen LogP contribution >= 0.6 is 0 Å². The number of hydrogen-bond acceptors (Lipinski definition) is 4. The molecule has 1 rings (SSSR count). The first-order valence-electron chi connectivity index (χ1n) is 5.77. The second kappa shape index (κ2) is 7.06. The lowest BCUT2D eigenvalue weighted by Crippen LogP contribution is -2.29. The van der Waals surface area contributed by atoms with E-state index in [2.05, 4.69) is 17.2 Å². The Hall–Kier alpha value is -1.29. The molecule has 1 heterocycles. The van der Waals surface area contributed by atoms with E-state index >= 15 is 0 Å². The summed E-state index contributed by atoms with van der Waals surface area (Å²) in [4.78, 5) is 4.30. The summed E-state index contributed by atoms with van der Waals surface area (Å²) < 4.78 is 5.07. The first-order valence-corrected chi connectivity index (χ1v) is 5.77. The lowest BCUT2D eigenvalue weighted by atomic mass is 10.1. The standard InChI is InChI=1S/C12H21N3O/c1-3-4-6-10(9-13)14-11-7-5-8-12(15-11)16-2/h5,7-8,10H,3-4,6,9,13H2,1-2H3,(H,14,15). The number of pyridine rings is 1. The molecule has 0 aromatic carbocycles. The van der Waals surface area contributed by atoms with Crippen LogP contribution in [0.2, 0.25) is 0 Å². The molecule has 4 nitrogen and oxygen atoms in total. The molecule has 0 saturated heterocycles. The average Bonchev–Trinajstić information content (AvgIpc) is 2.34. The van der Waals surface area contributed by atoms with E-state index in [4.69, 9.17) is 10.5 Å². The topological polar surface area (TPSA) is 60.2 Å². The molecule has 0 aliphatic rings. The average molecular weight is 223 g/mol. The Labute approximate surface area is 97.2 Å². The van der Waals surface area contributed by atoms with Gasteiger partial charge >= 0.3 is 0 Å². The number of anilines is 1. The summed E-state index contributed by atoms with van der Waals surface area (Å²) in [5.74, 6) is 1.45. The molecule has 0 radical (unpaired) electrons. The van der Waals surface area contributed by atoms with Gasteiger partial charge in [0.05, 0.1) is 7.11 Å². The largest absolute Gasteiger partial charge is 0.481 e. The van der Waals surface area contributed by atoms with E-state index < -0.39 is 0 Å². The lowest BCUT2D eigenvalue weighted by Gasteiger charge is -2.17. The third-order valence-corrected chi connectivity index (χ3v) is 2.48. The molecule has 0 aliphatic heterocycles. The molecule has 1 aromatic rings. The number of ether oxygens (including phenoxy) is 1. The van der Waals surface area contributed by atoms with Crippen LogP contribution in [0.3, 0.4) is 0 Å². The summed E-state index contributed by atoms with van der Waals surface area (Å²) in [6.45, 7) is 2.80. The zero-order valence-corrected chi connectivity index (χ0v) is 10.1. The van der Waals surface area contributed by atoms with Crippen molar-refractivity contribution >= 4 is 5.82 Å². The maximum absolute atomic E-state index is 5.71. The van der Waals surface area contributed by atoms with Crippen LogP contribution in [0.5, 0.6) is 5.88 Å². The first kappa shape index (κ1) is 12.8. The van der Waals surface area contributed by atoms with Crippen molar-refractivity contribution in [3.8, 4) is 5.88 Å². The maximum atomic E-state index is 5.71. The van der Waals surface area contributed by atoms with Gasteiger partial charge in [0.15, 0.2) is 0 Å². The molecule has 1 atom stereocenters. The van der Waals surface area contributed by atoms with Crippen molar-refractivity contribution in [2.45, 2.75) is 32.2 Å². The van der Waals surface area contributed by atoms with Crippen molar-refractivity contribution in [3.05, 3.63) is 18.2 Å². The van der Waals surface area contributed by atoms with Crippen molar-refractivity contribution in [1.29, 1.82) is 0 Å². The van der Waals surface area contributed by atoms with Crippen molar-refractivity contribution in [2.75, 3.05) is 19.0 Å². The minimum atomic E-state index is 0.291. The van der Waals surface area contributed by atoms with Crippen LogP contribution in [-0.2, 0) is 0 Å². The second-order valence-corrected chi connectivity index (χ2v) is 3.78. The maximum Gasteiger partial charge on any atom is 0.214 e. The van der Waals surface area contributed by atoms with Gasteiger partial charge in [0.25, 0.3) is 0 Å². The molecule has 1 aromatic heterocycles. The number of hydrogen-bond donors (Lipinski definition) is 2. The van der Waals surface area contributed by atoms with Crippen LogP contribution in [0, 0.1) is 0 Å². The highest BCUT2D eigenvalue weighted by Gasteiger charge is 2.06. The van der Waals surface area contributed by atoms with Gasteiger partial charge in [-0.1, -0.05) is 25.8 Å². The van der Waals surface area contributed by atoms with Gasteiger partial charge in [0, 0.05) is 18.7 Å². The zero-order valence-electron chi connectivity index (χ0n) is 10.1. The van der Waals surface area contributed by atoms with Crippen molar-refractivity contribution in [2.24, 2.45) is 5.73 Å². The molecule has 0 spiro atoms. The van der Waals surface area contributed by atoms with Crippen LogP contribution in [0.25, 0.3) is 0 Å². The summed E-state index contributed by atoms with van der Waals surface area (Å²) in [6.07, 6.45) is 3.44. The van der Waals surface area contributed by atoms with Crippen LogP contribution < -0.4 is 15.8 Å². The highest BCUT2D eigenvalue weighted by atomic mass is 16.5. The minimum Gasteiger partial charge on any atom is -0.481 e. The van der Waals surface area contributed by atoms with Gasteiger partial charge in [-0.25, -0.2) is 0 Å². The summed E-state index contributed by atoms with van der Waals surface area (Å²) in [5, 5.41) is 3.32. The van der Waals surface area contributed by atoms with Crippen molar-refractivity contribution in [3.63, 3.8) is 0 Å². The molecule has 1 unspecified atom stereocenters. The monoisotopic (exact) mass is 223 g/mol. The molecule has 16 heavy (non-hydrogen) atoms. The molecule has 4 heteroatoms. The summed E-state index contributed by atoms with van der Waals surface area (Å²) in [6, 6.07) is 5.97. The van der Waals surface area contributed by atoms with Gasteiger partial charge in [-0.2, -0.15) is 4.98 Å². The fourth-order valence-electron chi connectivity index (χ4n) is 1.52. The van der Waals surface area contributed by atoms with Crippen LogP contribution in [0.15, 0.2) is 18.2 Å². The summed E-state index contributed by atoms with van der Waals surface area (Å²) in [7, 11) is 1.61. The Kier molecular flexibility index (Phi) is 5.64. The third kappa shape index (κ3) is 4.06. The van der Waals surface area contributed by atoms with Crippen LogP contribution in [0.4, 0.5) is 5.82 Å². The fourth-order valence-corrected chi connectivity index (χ4v) is 1.52. The van der Waals surface area contributed by atoms with Crippen molar-refractivity contribution < 1.29 is 4.74 Å². The van der Waals surface area contributed by atoms with Crippen molar-refractivity contribution in [1.82, 2.24) is 4.98 Å². The molecule has 0 saturated carbocycles. The highest BCUT2D eigenvalue weighted by molar-refractivity contribution is 5.38. The number of nitrogens with two attached hydrogens (primary N) is 1. The second-order valence-electron chi connectivity index (χ2n) is 3.78. The molecule has 0 amide bonds. The fraction of sp³-hybridized carbons (Fsp3) is 0.583. The van der Waals surface area contributed by atoms with E-state index in [1.807, 2.05) is 18.2 Å². The Bertz CT molecular complexity index is 304. The zero-order chi connectivity index (χ0) is 11.8. The van der Waals surface area contributed by atoms with Crippen LogP contribution in [0.1, 0.15) is 26.2 Å². The Morgan fingerprint density at radius 1 is 1.50 bits per heavy atom. The molecular weight excluding hydrogens is 202 g/mol. The SMILES string of the molecule is CCCCC(CN)Nc1cccc(OC)n1. The summed E-state index contributed by atoms with van der Waals surface area (Å²) >= 11 is 0. The summed E-state index contributed by atoms with van der Waals surface area (Å²) in [5.41, 5.74) is 5.71. The Morgan fingerprint density at radius 2 is 2.31 bits per heavy atom. The van der Waals surface area contributed by atoms with E-state index in [1.165, 1.54) is 12.8 Å². The predicted octanol–water partition coefficient (Wildman–Crippen LogP) is 2.02. The van der Waals surface area contributed by atoms with Gasteiger partial charge in [-0.15, -0.1) is 0 Å². The first-order chi connectivity index (χ1) is 7.80. The minimum absolute atomic E-state index is 0.291. The van der Waals surface area contributed by atoms with Gasteiger partial charge in [0.2, 0.25) is 5.88 Å². The van der Waals surface area contributed by atoms with Gasteiger partial charge in [-0.05, 0) is 12.5 Å². The number of nitrogens with one attached hydrogen (secondary N) is 1. The van der Waals surface area contributed by atoms with E-state index in [0.29, 0.717) is 18.5 Å². The third-order valence-electron chi connectivity index (χ3n) is 2.48. The quantitative estimate of drug-likeness (QED) is 0.742. The van der Waals surface area contributed by atoms with Gasteiger partial charge in [0.1, 0.15) is 5.82 Å². The molecular formula is C12H21N3O. The van der Waals surface area contributed by atoms with E-state index in [9.17, 15) is 0 Å². The van der Waals surface area contributed by atoms with Gasteiger partial charge < -0.3 is 15.8 Å². The number of aromatic nitrogens is 1. The van der Waals surface area contributed by atoms with E-state index in [-0.39, 0.29) is 0 Å². The number of unbranched alkanes of at least 4 members (excludes halogenated alkanes) is 1. The lowest BCUT2D eigenvalue weighted by molar-refractivity contribution is 0.398. The molecule has 90 valence electrons. The molecule has 0 fully saturated rings. The van der Waals surface area contributed by atoms with E-state index in [1.54, 1.807) is 7.11 Å². The Morgan fingerprint density at radius 3 is 2.94 bits per heavy atom. The highest BCUT2D eigenvalue weighted by Crippen LogP contribution is 2.13. The molecule has 0 aliphatic carbocycles.